The van der Waals surface area contributed by atoms with Gasteiger partial charge in [0.25, 0.3) is 5.89 Å². The second kappa shape index (κ2) is 8.73. The number of ether oxygens (including phenoxy) is 2. The Morgan fingerprint density at radius 1 is 1.32 bits per heavy atom. The van der Waals surface area contributed by atoms with Gasteiger partial charge < -0.3 is 18.9 Å². The Kier molecular flexibility index (Phi) is 6.14. The van der Waals surface area contributed by atoms with E-state index in [0.717, 1.165) is 18.5 Å². The molecule has 0 spiro atoms. The highest BCUT2D eigenvalue weighted by molar-refractivity contribution is 5.79. The number of aromatic nitrogens is 2. The molecule has 7 nitrogen and oxygen atoms in total. The van der Waals surface area contributed by atoms with Gasteiger partial charge in [0.2, 0.25) is 5.91 Å². The molecule has 1 atom stereocenters. The average molecular weight is 345 g/mol. The number of carbonyl (C=O) groups is 1. The maximum absolute atomic E-state index is 12.4. The third kappa shape index (κ3) is 4.87. The molecular formula is C18H23N3O4. The number of benzene rings is 1. The SMILES string of the molecule is COCCOCc1nc(C2CCN(C(=O)Cc3ccccc3)C2)no1. The molecule has 1 amide bonds. The zero-order chi connectivity index (χ0) is 17.5. The zero-order valence-corrected chi connectivity index (χ0v) is 14.4. The molecule has 0 saturated carbocycles. The molecule has 1 saturated heterocycles. The highest BCUT2D eigenvalue weighted by atomic mass is 16.5. The molecule has 25 heavy (non-hydrogen) atoms. The monoisotopic (exact) mass is 345 g/mol. The predicted octanol–water partition coefficient (Wildman–Crippen LogP) is 1.79. The Morgan fingerprint density at radius 3 is 2.96 bits per heavy atom. The van der Waals surface area contributed by atoms with E-state index in [2.05, 4.69) is 10.1 Å². The van der Waals surface area contributed by atoms with Crippen molar-refractivity contribution in [2.75, 3.05) is 33.4 Å². The van der Waals surface area contributed by atoms with Crippen molar-refractivity contribution in [1.29, 1.82) is 0 Å². The Balaban J connectivity index is 1.49. The summed E-state index contributed by atoms with van der Waals surface area (Å²) in [6, 6.07) is 9.80. The number of rotatable bonds is 8. The first-order valence-corrected chi connectivity index (χ1v) is 8.47. The topological polar surface area (TPSA) is 77.7 Å². The van der Waals surface area contributed by atoms with Crippen LogP contribution in [0.25, 0.3) is 0 Å². The van der Waals surface area contributed by atoms with Crippen LogP contribution in [0.15, 0.2) is 34.9 Å². The van der Waals surface area contributed by atoms with Crippen molar-refractivity contribution in [3.05, 3.63) is 47.6 Å². The summed E-state index contributed by atoms with van der Waals surface area (Å²) in [5, 5.41) is 4.04. The van der Waals surface area contributed by atoms with Crippen LogP contribution in [0.4, 0.5) is 0 Å². The standard InChI is InChI=1S/C18H23N3O4/c1-23-9-10-24-13-16-19-18(20-25-16)15-7-8-21(12-15)17(22)11-14-5-3-2-4-6-14/h2-6,15H,7-13H2,1H3. The number of likely N-dealkylation sites (tertiary alicyclic amines) is 1. The minimum Gasteiger partial charge on any atom is -0.382 e. The van der Waals surface area contributed by atoms with E-state index < -0.39 is 0 Å². The van der Waals surface area contributed by atoms with Crippen LogP contribution in [-0.2, 0) is 27.3 Å². The van der Waals surface area contributed by atoms with Crippen LogP contribution in [0, 0.1) is 0 Å². The van der Waals surface area contributed by atoms with Crippen molar-refractivity contribution in [1.82, 2.24) is 15.0 Å². The maximum atomic E-state index is 12.4. The van der Waals surface area contributed by atoms with Crippen LogP contribution in [0.1, 0.15) is 29.6 Å². The normalized spacial score (nSPS) is 17.2. The first-order valence-electron chi connectivity index (χ1n) is 8.47. The van der Waals surface area contributed by atoms with Gasteiger partial charge in [0, 0.05) is 26.1 Å². The van der Waals surface area contributed by atoms with E-state index in [-0.39, 0.29) is 18.4 Å². The lowest BCUT2D eigenvalue weighted by Crippen LogP contribution is -2.29. The summed E-state index contributed by atoms with van der Waals surface area (Å²) in [5.74, 6) is 1.37. The van der Waals surface area contributed by atoms with Crippen molar-refractivity contribution >= 4 is 5.91 Å². The lowest BCUT2D eigenvalue weighted by atomic mass is 10.1. The Labute approximate surface area is 146 Å². The molecule has 2 heterocycles. The summed E-state index contributed by atoms with van der Waals surface area (Å²) in [5.41, 5.74) is 1.03. The van der Waals surface area contributed by atoms with Gasteiger partial charge in [-0.3, -0.25) is 4.79 Å². The van der Waals surface area contributed by atoms with Gasteiger partial charge in [0.05, 0.1) is 19.6 Å². The molecule has 1 unspecified atom stereocenters. The Hall–Kier alpha value is -2.25. The lowest BCUT2D eigenvalue weighted by Gasteiger charge is -2.15. The third-order valence-corrected chi connectivity index (χ3v) is 4.25. The second-order valence-corrected chi connectivity index (χ2v) is 6.08. The highest BCUT2D eigenvalue weighted by Crippen LogP contribution is 2.25. The number of amides is 1. The lowest BCUT2D eigenvalue weighted by molar-refractivity contribution is -0.129. The molecule has 3 rings (SSSR count). The van der Waals surface area contributed by atoms with E-state index in [1.807, 2.05) is 35.2 Å². The Morgan fingerprint density at radius 2 is 2.16 bits per heavy atom. The van der Waals surface area contributed by atoms with Crippen LogP contribution in [0.3, 0.4) is 0 Å². The molecule has 1 aromatic carbocycles. The Bertz CT molecular complexity index is 674. The summed E-state index contributed by atoms with van der Waals surface area (Å²) in [6.07, 6.45) is 1.28. The van der Waals surface area contributed by atoms with Gasteiger partial charge in [-0.15, -0.1) is 0 Å². The van der Waals surface area contributed by atoms with Gasteiger partial charge in [-0.2, -0.15) is 4.98 Å². The van der Waals surface area contributed by atoms with E-state index in [0.29, 0.717) is 37.9 Å². The molecule has 134 valence electrons. The molecule has 0 N–H and O–H groups in total. The maximum Gasteiger partial charge on any atom is 0.252 e. The molecule has 2 aromatic rings. The van der Waals surface area contributed by atoms with Crippen LogP contribution in [0.5, 0.6) is 0 Å². The summed E-state index contributed by atoms with van der Waals surface area (Å²) in [4.78, 5) is 18.7. The minimum atomic E-state index is 0.121. The molecular weight excluding hydrogens is 322 g/mol. The van der Waals surface area contributed by atoms with Crippen molar-refractivity contribution in [2.45, 2.75) is 25.4 Å². The van der Waals surface area contributed by atoms with Crippen molar-refractivity contribution in [2.24, 2.45) is 0 Å². The first kappa shape index (κ1) is 17.6. The van der Waals surface area contributed by atoms with Gasteiger partial charge in [-0.1, -0.05) is 35.5 Å². The first-order chi connectivity index (χ1) is 12.3. The summed E-state index contributed by atoms with van der Waals surface area (Å²) in [6.45, 7) is 2.65. The molecule has 1 aliphatic heterocycles. The van der Waals surface area contributed by atoms with Gasteiger partial charge in [0.1, 0.15) is 6.61 Å². The fraction of sp³-hybridized carbons (Fsp3) is 0.500. The highest BCUT2D eigenvalue weighted by Gasteiger charge is 2.30. The van der Waals surface area contributed by atoms with Gasteiger partial charge in [0.15, 0.2) is 5.82 Å². The summed E-state index contributed by atoms with van der Waals surface area (Å²) >= 11 is 0. The number of carbonyl (C=O) groups excluding carboxylic acids is 1. The van der Waals surface area contributed by atoms with Crippen molar-refractivity contribution in [3.63, 3.8) is 0 Å². The molecule has 1 aliphatic rings. The van der Waals surface area contributed by atoms with E-state index in [9.17, 15) is 4.79 Å². The quantitative estimate of drug-likeness (QED) is 0.679. The molecule has 0 bridgehead atoms. The summed E-state index contributed by atoms with van der Waals surface area (Å²) in [7, 11) is 1.62. The second-order valence-electron chi connectivity index (χ2n) is 6.08. The largest absolute Gasteiger partial charge is 0.382 e. The molecule has 0 aliphatic carbocycles. The van der Waals surface area contributed by atoms with Crippen molar-refractivity contribution < 1.29 is 18.8 Å². The van der Waals surface area contributed by atoms with E-state index >= 15 is 0 Å². The molecule has 0 radical (unpaired) electrons. The fourth-order valence-electron chi connectivity index (χ4n) is 2.87. The van der Waals surface area contributed by atoms with E-state index in [1.165, 1.54) is 0 Å². The number of methoxy groups -OCH3 is 1. The predicted molar refractivity (Wildman–Crippen MR) is 89.9 cm³/mol. The van der Waals surface area contributed by atoms with Crippen LogP contribution >= 0.6 is 0 Å². The minimum absolute atomic E-state index is 0.121. The number of hydrogen-bond acceptors (Lipinski definition) is 6. The van der Waals surface area contributed by atoms with Gasteiger partial charge in [-0.05, 0) is 12.0 Å². The van der Waals surface area contributed by atoms with Crippen LogP contribution in [-0.4, -0.2) is 54.4 Å². The zero-order valence-electron chi connectivity index (χ0n) is 14.4. The van der Waals surface area contributed by atoms with Gasteiger partial charge >= 0.3 is 0 Å². The summed E-state index contributed by atoms with van der Waals surface area (Å²) < 4.78 is 15.5. The fourth-order valence-corrected chi connectivity index (χ4v) is 2.87. The number of nitrogens with zero attached hydrogens (tertiary/aromatic N) is 3. The molecule has 7 heteroatoms. The van der Waals surface area contributed by atoms with E-state index in [4.69, 9.17) is 14.0 Å². The van der Waals surface area contributed by atoms with Gasteiger partial charge in [-0.25, -0.2) is 0 Å². The molecule has 1 fully saturated rings. The van der Waals surface area contributed by atoms with Crippen LogP contribution in [0.2, 0.25) is 0 Å². The van der Waals surface area contributed by atoms with E-state index in [1.54, 1.807) is 7.11 Å². The number of hydrogen-bond donors (Lipinski definition) is 0. The average Bonchev–Trinajstić information content (AvgIpc) is 3.29. The van der Waals surface area contributed by atoms with Crippen molar-refractivity contribution in [3.8, 4) is 0 Å². The molecule has 1 aromatic heterocycles. The third-order valence-electron chi connectivity index (χ3n) is 4.25. The smallest absolute Gasteiger partial charge is 0.252 e. The van der Waals surface area contributed by atoms with Crippen LogP contribution < -0.4 is 0 Å².